The molecule has 1 saturated carbocycles. The SMILES string of the molecule is CON1Oc2c(ccc(C3CC3)c2CN2CCC2)C1CCC1CCN(Cc2ccc(C#N)s2)CC1. The molecule has 1 aromatic heterocycles. The average molecular weight is 493 g/mol. The van der Waals surface area contributed by atoms with Crippen molar-refractivity contribution in [1.82, 2.24) is 15.0 Å². The zero-order valence-electron chi connectivity index (χ0n) is 20.7. The van der Waals surface area contributed by atoms with E-state index in [4.69, 9.17) is 14.9 Å². The van der Waals surface area contributed by atoms with Crippen molar-refractivity contribution in [3.63, 3.8) is 0 Å². The number of thiophene rings is 1. The topological polar surface area (TPSA) is 52.0 Å². The number of rotatable bonds is 9. The van der Waals surface area contributed by atoms with Crippen molar-refractivity contribution < 1.29 is 9.68 Å². The van der Waals surface area contributed by atoms with Gasteiger partial charge in [-0.05, 0) is 106 Å². The number of nitriles is 1. The molecule has 2 saturated heterocycles. The molecule has 0 spiro atoms. The van der Waals surface area contributed by atoms with Gasteiger partial charge in [-0.25, -0.2) is 0 Å². The van der Waals surface area contributed by atoms with Gasteiger partial charge in [-0.3, -0.25) is 14.6 Å². The minimum absolute atomic E-state index is 0.173. The zero-order chi connectivity index (χ0) is 23.8. The summed E-state index contributed by atoms with van der Waals surface area (Å²) in [5, 5.41) is 10.8. The summed E-state index contributed by atoms with van der Waals surface area (Å²) in [6.07, 6.45) is 8.68. The predicted molar refractivity (Wildman–Crippen MR) is 137 cm³/mol. The van der Waals surface area contributed by atoms with Gasteiger partial charge in [-0.1, -0.05) is 12.1 Å². The standard InChI is InChI=1S/C28H36N4O2S/c1-33-32-27(10-3-20-11-15-31(16-12-20)18-23-7-6-22(17-29)35-23)25-9-8-24(21-4-5-21)26(28(25)34-32)19-30-13-2-14-30/h6-9,20-21,27H,2-5,10-16,18-19H2,1H3. The Hall–Kier alpha value is -1.95. The van der Waals surface area contributed by atoms with Crippen LogP contribution in [0.4, 0.5) is 0 Å². The molecule has 186 valence electrons. The molecule has 1 aromatic carbocycles. The highest BCUT2D eigenvalue weighted by Crippen LogP contribution is 2.50. The second-order valence-corrected chi connectivity index (χ2v) is 11.9. The van der Waals surface area contributed by atoms with E-state index in [0.29, 0.717) is 0 Å². The lowest BCUT2D eigenvalue weighted by molar-refractivity contribution is -0.315. The summed E-state index contributed by atoms with van der Waals surface area (Å²) in [5.74, 6) is 2.55. The van der Waals surface area contributed by atoms with E-state index in [-0.39, 0.29) is 6.04 Å². The van der Waals surface area contributed by atoms with E-state index in [9.17, 15) is 0 Å². The first kappa shape index (κ1) is 23.4. The van der Waals surface area contributed by atoms with E-state index in [1.54, 1.807) is 23.7 Å². The quantitative estimate of drug-likeness (QED) is 0.454. The third kappa shape index (κ3) is 5.00. The van der Waals surface area contributed by atoms with Gasteiger partial charge >= 0.3 is 0 Å². The van der Waals surface area contributed by atoms with Gasteiger partial charge < -0.3 is 4.84 Å². The fraction of sp³-hybridized carbons (Fsp3) is 0.607. The summed E-state index contributed by atoms with van der Waals surface area (Å²) in [7, 11) is 1.73. The van der Waals surface area contributed by atoms with Crippen LogP contribution in [0, 0.1) is 17.2 Å². The lowest BCUT2D eigenvalue weighted by Crippen LogP contribution is -2.36. The highest BCUT2D eigenvalue weighted by Gasteiger charge is 2.39. The Morgan fingerprint density at radius 2 is 1.74 bits per heavy atom. The first-order valence-electron chi connectivity index (χ1n) is 13.3. The van der Waals surface area contributed by atoms with Crippen LogP contribution in [0.1, 0.15) is 83.4 Å². The van der Waals surface area contributed by atoms with Crippen molar-refractivity contribution in [2.24, 2.45) is 5.92 Å². The third-order valence-corrected chi connectivity index (χ3v) is 9.33. The zero-order valence-corrected chi connectivity index (χ0v) is 21.6. The molecule has 1 aliphatic carbocycles. The molecule has 6 nitrogen and oxygen atoms in total. The van der Waals surface area contributed by atoms with E-state index in [1.165, 1.54) is 73.2 Å². The molecule has 1 atom stereocenters. The number of hydrogen-bond acceptors (Lipinski definition) is 7. The molecular weight excluding hydrogens is 456 g/mol. The summed E-state index contributed by atoms with van der Waals surface area (Å²) in [4.78, 5) is 19.3. The number of hydrogen-bond donors (Lipinski definition) is 0. The van der Waals surface area contributed by atoms with E-state index in [0.717, 1.165) is 55.1 Å². The van der Waals surface area contributed by atoms with Crippen LogP contribution >= 0.6 is 11.3 Å². The third-order valence-electron chi connectivity index (χ3n) is 8.36. The Morgan fingerprint density at radius 1 is 0.971 bits per heavy atom. The van der Waals surface area contributed by atoms with Crippen LogP contribution < -0.4 is 4.84 Å². The van der Waals surface area contributed by atoms with Crippen molar-refractivity contribution in [2.75, 3.05) is 33.3 Å². The second kappa shape index (κ2) is 10.2. The Labute approximate surface area is 212 Å². The van der Waals surface area contributed by atoms with Crippen molar-refractivity contribution in [3.05, 3.63) is 50.7 Å². The molecule has 0 N–H and O–H groups in total. The number of fused-ring (bicyclic) bond motifs is 1. The van der Waals surface area contributed by atoms with Crippen LogP contribution in [0.5, 0.6) is 5.75 Å². The van der Waals surface area contributed by atoms with Crippen molar-refractivity contribution in [1.29, 1.82) is 5.26 Å². The van der Waals surface area contributed by atoms with Gasteiger partial charge in [0.25, 0.3) is 0 Å². The monoisotopic (exact) mass is 492 g/mol. The summed E-state index contributed by atoms with van der Waals surface area (Å²) >= 11 is 1.63. The minimum Gasteiger partial charge on any atom is -0.379 e. The highest BCUT2D eigenvalue weighted by atomic mass is 32.1. The fourth-order valence-corrected chi connectivity index (χ4v) is 6.84. The Balaban J connectivity index is 1.08. The minimum atomic E-state index is 0.173. The van der Waals surface area contributed by atoms with Crippen LogP contribution in [0.15, 0.2) is 24.3 Å². The molecule has 3 fully saturated rings. The molecule has 0 radical (unpaired) electrons. The molecule has 7 heteroatoms. The van der Waals surface area contributed by atoms with E-state index in [2.05, 4.69) is 34.1 Å². The lowest BCUT2D eigenvalue weighted by Gasteiger charge is -2.32. The van der Waals surface area contributed by atoms with Crippen molar-refractivity contribution in [3.8, 4) is 11.8 Å². The van der Waals surface area contributed by atoms with Crippen LogP contribution in [0.25, 0.3) is 0 Å². The molecule has 0 bridgehead atoms. The van der Waals surface area contributed by atoms with Crippen molar-refractivity contribution in [2.45, 2.75) is 70.0 Å². The number of likely N-dealkylation sites (tertiary alicyclic amines) is 2. The summed E-state index contributed by atoms with van der Waals surface area (Å²) in [6, 6.07) is 11.2. The predicted octanol–water partition coefficient (Wildman–Crippen LogP) is 5.61. The maximum Gasteiger partial charge on any atom is 0.160 e. The highest BCUT2D eigenvalue weighted by molar-refractivity contribution is 7.12. The molecule has 2 aromatic rings. The van der Waals surface area contributed by atoms with Gasteiger partial charge in [-0.15, -0.1) is 11.3 Å². The van der Waals surface area contributed by atoms with Gasteiger partial charge in [0.2, 0.25) is 0 Å². The van der Waals surface area contributed by atoms with E-state index >= 15 is 0 Å². The average Bonchev–Trinajstić information content (AvgIpc) is 3.49. The van der Waals surface area contributed by atoms with Crippen LogP contribution in [0.2, 0.25) is 0 Å². The number of hydroxylamine groups is 2. The van der Waals surface area contributed by atoms with Crippen LogP contribution in [-0.4, -0.2) is 48.3 Å². The Bertz CT molecular complexity index is 1080. The molecule has 0 amide bonds. The molecule has 4 aliphatic rings. The van der Waals surface area contributed by atoms with E-state index < -0.39 is 0 Å². The van der Waals surface area contributed by atoms with Gasteiger partial charge in [0.05, 0.1) is 7.11 Å². The second-order valence-electron chi connectivity index (χ2n) is 10.7. The largest absolute Gasteiger partial charge is 0.379 e. The number of benzene rings is 1. The first-order valence-corrected chi connectivity index (χ1v) is 14.1. The van der Waals surface area contributed by atoms with Gasteiger partial charge in [0.1, 0.15) is 17.0 Å². The maximum absolute atomic E-state index is 9.07. The van der Waals surface area contributed by atoms with Crippen LogP contribution in [0.3, 0.4) is 0 Å². The molecule has 6 rings (SSSR count). The summed E-state index contributed by atoms with van der Waals surface area (Å²) in [6.45, 7) is 6.68. The molecular formula is C28H36N4O2S. The lowest BCUT2D eigenvalue weighted by atomic mass is 9.88. The molecule has 3 aliphatic heterocycles. The molecule has 35 heavy (non-hydrogen) atoms. The smallest absolute Gasteiger partial charge is 0.160 e. The number of nitrogens with zero attached hydrogens (tertiary/aromatic N) is 4. The molecule has 4 heterocycles. The maximum atomic E-state index is 9.07. The summed E-state index contributed by atoms with van der Waals surface area (Å²) in [5.41, 5.74) is 4.23. The number of piperidine rings is 1. The van der Waals surface area contributed by atoms with Gasteiger partial charge in [-0.2, -0.15) is 5.26 Å². The fourth-order valence-electron chi connectivity index (χ4n) is 6.00. The Morgan fingerprint density at radius 3 is 2.40 bits per heavy atom. The van der Waals surface area contributed by atoms with Crippen molar-refractivity contribution >= 4 is 11.3 Å². The summed E-state index contributed by atoms with van der Waals surface area (Å²) < 4.78 is 0. The van der Waals surface area contributed by atoms with Gasteiger partial charge in [0, 0.05) is 29.1 Å². The molecule has 1 unspecified atom stereocenters. The first-order chi connectivity index (χ1) is 17.2. The van der Waals surface area contributed by atoms with Crippen LogP contribution in [-0.2, 0) is 17.9 Å². The van der Waals surface area contributed by atoms with E-state index in [1.807, 2.05) is 6.07 Å². The Kier molecular flexibility index (Phi) is 6.83. The normalized spacial score (nSPS) is 23.6. The van der Waals surface area contributed by atoms with Gasteiger partial charge in [0.15, 0.2) is 5.75 Å².